The molecule has 136 valence electrons. The van der Waals surface area contributed by atoms with E-state index in [0.717, 1.165) is 0 Å². The minimum atomic E-state index is -4.94. The van der Waals surface area contributed by atoms with Crippen molar-refractivity contribution in [2.24, 2.45) is 0 Å². The van der Waals surface area contributed by atoms with Crippen LogP contribution in [-0.2, 0) is 24.3 Å². The molecule has 19 heteroatoms. The molecule has 0 bridgehead atoms. The molecule has 0 aromatic heterocycles. The first-order chi connectivity index (χ1) is 5.73. The maximum atomic E-state index is 9.21. The number of carbonyl (C=O) groups excluding carboxylic acids is 1. The number of carbonyl (C=O) groups is 1. The van der Waals surface area contributed by atoms with Crippen LogP contribution in [0, 0.1) is 20.5 Å². The fraction of sp³-hybridized carbons (Fsp3) is 0.500. The molecule has 0 aromatic rings. The number of hydrogen-bond donors (Lipinski definition) is 0. The van der Waals surface area contributed by atoms with Gasteiger partial charge in [-0.3, -0.25) is 4.79 Å². The van der Waals surface area contributed by atoms with Crippen LogP contribution < -0.4 is 37.3 Å². The van der Waals surface area contributed by atoms with Crippen molar-refractivity contribution in [2.75, 3.05) is 0 Å². The molecule has 0 aliphatic carbocycles. The fourth-order valence-corrected chi connectivity index (χ4v) is 0. The standard InChI is InChI=1S/C2H3ClO.2ClHO4.6H2O.Zn/c1-2(3)4;2*2-1(3,4)5;;;;;;;/h1H3;2*(H,2,3,4,5);6*1H2;/q;;;;;;;;;+2/p-2. The zero-order chi connectivity index (χ0) is 12.6. The van der Waals surface area contributed by atoms with Crippen molar-refractivity contribution in [1.82, 2.24) is 0 Å². The molecule has 15 nitrogen and oxygen atoms in total. The van der Waals surface area contributed by atoms with Crippen LogP contribution in [-0.4, -0.2) is 38.1 Å². The Hall–Kier alpha value is 0.603. The molecule has 0 aromatic carbocycles. The molecule has 0 atom stereocenters. The molecule has 12 N–H and O–H groups in total. The Kier molecular flexibility index (Phi) is 105. The predicted molar refractivity (Wildman–Crippen MR) is 38.2 cm³/mol. The van der Waals surface area contributed by atoms with E-state index in [0.29, 0.717) is 0 Å². The second-order valence-electron chi connectivity index (χ2n) is 1.23. The summed E-state index contributed by atoms with van der Waals surface area (Å²) >= 11 is 4.64. The third-order valence-corrected chi connectivity index (χ3v) is 0. The van der Waals surface area contributed by atoms with Gasteiger partial charge in [0.15, 0.2) is 0 Å². The van der Waals surface area contributed by atoms with Gasteiger partial charge >= 0.3 is 19.5 Å². The molecule has 0 saturated heterocycles. The molecule has 0 fully saturated rings. The SMILES string of the molecule is CC(=O)Cl.O.O.O.O.O.O.[O-][Cl+3]([O-])([O-])[O-].[O-][Cl+3]([O-])([O-])[O-].[Zn+2]. The van der Waals surface area contributed by atoms with Gasteiger partial charge in [-0.05, 0) is 11.6 Å². The van der Waals surface area contributed by atoms with Crippen molar-refractivity contribution in [2.45, 2.75) is 6.92 Å². The maximum Gasteiger partial charge on any atom is 2.00 e. The summed E-state index contributed by atoms with van der Waals surface area (Å²) < 4.78 is 67.9. The van der Waals surface area contributed by atoms with Gasteiger partial charge in [0.2, 0.25) is 5.24 Å². The molecule has 0 unspecified atom stereocenters. The molecule has 0 amide bonds. The van der Waals surface area contributed by atoms with Gasteiger partial charge in [-0.1, -0.05) is 0 Å². The quantitative estimate of drug-likeness (QED) is 0.249. The summed E-state index contributed by atoms with van der Waals surface area (Å²) in [6.45, 7) is 1.29. The Morgan fingerprint density at radius 2 is 0.667 bits per heavy atom. The Labute approximate surface area is 139 Å². The van der Waals surface area contributed by atoms with E-state index in [1.54, 1.807) is 0 Å². The van der Waals surface area contributed by atoms with E-state index in [4.69, 9.17) is 37.3 Å². The normalized spacial score (nSPS) is 6.95. The summed E-state index contributed by atoms with van der Waals surface area (Å²) in [7, 11) is -9.89. The summed E-state index contributed by atoms with van der Waals surface area (Å²) in [6.07, 6.45) is 0. The van der Waals surface area contributed by atoms with Crippen LogP contribution in [0.4, 0.5) is 0 Å². The van der Waals surface area contributed by atoms with Crippen molar-refractivity contribution in [1.29, 1.82) is 0 Å². The molecule has 0 aliphatic rings. The largest absolute Gasteiger partial charge is 2.00 e. The third-order valence-electron chi connectivity index (χ3n) is 0. The minimum Gasteiger partial charge on any atom is -0.412 e. The topological polar surface area (TPSA) is 391 Å². The van der Waals surface area contributed by atoms with E-state index in [2.05, 4.69) is 11.6 Å². The molecule has 0 radical (unpaired) electrons. The second kappa shape index (κ2) is 32.5. The molecule has 0 aliphatic heterocycles. The maximum absolute atomic E-state index is 9.21. The average molecular weight is 451 g/mol. The van der Waals surface area contributed by atoms with Crippen LogP contribution in [0.5, 0.6) is 0 Å². The molecule has 0 rings (SSSR count). The van der Waals surface area contributed by atoms with Crippen molar-refractivity contribution >= 4 is 16.8 Å². The van der Waals surface area contributed by atoms with Gasteiger partial charge < -0.3 is 32.9 Å². The minimum absolute atomic E-state index is 0. The third kappa shape index (κ3) is 19600. The first-order valence-electron chi connectivity index (χ1n) is 2.13. The van der Waals surface area contributed by atoms with Gasteiger partial charge in [0, 0.05) is 6.92 Å². The summed E-state index contributed by atoms with van der Waals surface area (Å²) in [5, 5.41) is -0.361. The Morgan fingerprint density at radius 3 is 0.667 bits per heavy atom. The van der Waals surface area contributed by atoms with Crippen LogP contribution >= 0.6 is 11.6 Å². The van der Waals surface area contributed by atoms with Crippen LogP contribution in [0.3, 0.4) is 0 Å². The van der Waals surface area contributed by atoms with E-state index in [-0.39, 0.29) is 57.6 Å². The Morgan fingerprint density at radius 1 is 0.667 bits per heavy atom. The van der Waals surface area contributed by atoms with E-state index in [1.807, 2.05) is 0 Å². The van der Waals surface area contributed by atoms with Crippen LogP contribution in [0.25, 0.3) is 0 Å². The fourth-order valence-electron chi connectivity index (χ4n) is 0. The van der Waals surface area contributed by atoms with Gasteiger partial charge in [-0.25, -0.2) is 37.3 Å². The predicted octanol–water partition coefficient (Wildman–Crippen LogP) is -13.7. The zero-order valence-corrected chi connectivity index (χ0v) is 15.3. The van der Waals surface area contributed by atoms with E-state index < -0.39 is 20.5 Å². The summed E-state index contributed by atoms with van der Waals surface area (Å²) in [4.78, 5) is 9.21. The average Bonchev–Trinajstić information content (AvgIpc) is 1.45. The van der Waals surface area contributed by atoms with Crippen molar-refractivity contribution in [3.63, 3.8) is 0 Å². The first kappa shape index (κ1) is 68.1. The van der Waals surface area contributed by atoms with Gasteiger partial charge in [0.05, 0.1) is 0 Å². The second-order valence-corrected chi connectivity index (χ2v) is 3.27. The van der Waals surface area contributed by atoms with Gasteiger partial charge in [0.1, 0.15) is 0 Å². The van der Waals surface area contributed by atoms with Crippen LogP contribution in [0.2, 0.25) is 0 Å². The van der Waals surface area contributed by atoms with E-state index >= 15 is 0 Å². The summed E-state index contributed by atoms with van der Waals surface area (Å²) in [5.41, 5.74) is 0. The Bertz CT molecular complexity index is 126. The summed E-state index contributed by atoms with van der Waals surface area (Å²) in [5.74, 6) is 0. The molecule has 0 saturated carbocycles. The van der Waals surface area contributed by atoms with Crippen molar-refractivity contribution in [3.05, 3.63) is 0 Å². The van der Waals surface area contributed by atoms with Crippen molar-refractivity contribution < 1.29 is 115 Å². The van der Waals surface area contributed by atoms with Crippen LogP contribution in [0.15, 0.2) is 0 Å². The number of hydrogen-bond acceptors (Lipinski definition) is 9. The van der Waals surface area contributed by atoms with Crippen LogP contribution in [0.1, 0.15) is 6.92 Å². The number of halogens is 3. The molecular formula is C2H15Cl3O15Zn. The zero-order valence-electron chi connectivity index (χ0n) is 10.0. The number of rotatable bonds is 0. The van der Waals surface area contributed by atoms with Crippen molar-refractivity contribution in [3.8, 4) is 0 Å². The van der Waals surface area contributed by atoms with Gasteiger partial charge in [-0.2, -0.15) is 0 Å². The molecule has 21 heavy (non-hydrogen) atoms. The van der Waals surface area contributed by atoms with E-state index in [9.17, 15) is 4.79 Å². The summed E-state index contributed by atoms with van der Waals surface area (Å²) in [6, 6.07) is 0. The Balaban J connectivity index is -0.00000000930. The smallest absolute Gasteiger partial charge is 0.412 e. The molecule has 0 heterocycles. The monoisotopic (exact) mass is 448 g/mol. The molecule has 0 spiro atoms. The van der Waals surface area contributed by atoms with Gasteiger partial charge in [-0.15, -0.1) is 20.5 Å². The van der Waals surface area contributed by atoms with E-state index in [1.165, 1.54) is 6.92 Å². The first-order valence-corrected chi connectivity index (χ1v) is 4.97. The van der Waals surface area contributed by atoms with Gasteiger partial charge in [0.25, 0.3) is 0 Å². The molecular weight excluding hydrogens is 436 g/mol.